The van der Waals surface area contributed by atoms with E-state index >= 15 is 0 Å². The molecule has 1 aromatic rings. The van der Waals surface area contributed by atoms with E-state index in [2.05, 4.69) is 10.6 Å². The first-order valence-corrected chi connectivity index (χ1v) is 6.51. The van der Waals surface area contributed by atoms with Crippen LogP contribution in [0.25, 0.3) is 0 Å². The van der Waals surface area contributed by atoms with Crippen molar-refractivity contribution >= 4 is 11.6 Å². The highest BCUT2D eigenvalue weighted by Gasteiger charge is 2.15. The van der Waals surface area contributed by atoms with Gasteiger partial charge in [0.05, 0.1) is 13.2 Å². The Morgan fingerprint density at radius 2 is 1.89 bits per heavy atom. The number of nitrogens with one attached hydrogen (secondary N) is 2. The number of amides is 1. The lowest BCUT2D eigenvalue weighted by molar-refractivity contribution is -0.115. The van der Waals surface area contributed by atoms with E-state index in [-0.39, 0.29) is 12.5 Å². The van der Waals surface area contributed by atoms with Gasteiger partial charge in [-0.15, -0.1) is 0 Å². The Kier molecular flexibility index (Phi) is 4.73. The van der Waals surface area contributed by atoms with E-state index in [1.807, 2.05) is 0 Å². The summed E-state index contributed by atoms with van der Waals surface area (Å²) in [5.41, 5.74) is 1.61. The molecular weight excluding hydrogens is 228 g/mol. The average Bonchev–Trinajstić information content (AvgIpc) is 2.90. The number of hydrogen-bond donors (Lipinski definition) is 3. The molecule has 18 heavy (non-hydrogen) atoms. The maximum atomic E-state index is 11.7. The zero-order valence-corrected chi connectivity index (χ0v) is 10.5. The monoisotopic (exact) mass is 248 g/mol. The highest BCUT2D eigenvalue weighted by atomic mass is 16.3. The molecule has 0 bridgehead atoms. The van der Waals surface area contributed by atoms with Crippen molar-refractivity contribution < 1.29 is 9.90 Å². The molecule has 0 spiro atoms. The summed E-state index contributed by atoms with van der Waals surface area (Å²) in [6, 6.07) is 7.73. The van der Waals surface area contributed by atoms with Crippen molar-refractivity contribution in [2.24, 2.45) is 0 Å². The molecule has 0 radical (unpaired) electrons. The van der Waals surface area contributed by atoms with Crippen LogP contribution in [0, 0.1) is 0 Å². The Morgan fingerprint density at radius 1 is 1.22 bits per heavy atom. The van der Waals surface area contributed by atoms with Gasteiger partial charge in [-0.05, 0) is 30.5 Å². The fraction of sp³-hybridized carbons (Fsp3) is 0.500. The molecule has 98 valence electrons. The Morgan fingerprint density at radius 3 is 2.50 bits per heavy atom. The molecule has 1 aliphatic carbocycles. The Labute approximate surface area is 107 Å². The van der Waals surface area contributed by atoms with Crippen molar-refractivity contribution in [2.45, 2.75) is 38.3 Å². The second kappa shape index (κ2) is 6.52. The van der Waals surface area contributed by atoms with Crippen molar-refractivity contribution in [2.75, 3.05) is 11.9 Å². The van der Waals surface area contributed by atoms with Crippen molar-refractivity contribution in [3.8, 4) is 0 Å². The van der Waals surface area contributed by atoms with Gasteiger partial charge < -0.3 is 15.7 Å². The van der Waals surface area contributed by atoms with Crippen molar-refractivity contribution in [1.82, 2.24) is 5.32 Å². The summed E-state index contributed by atoms with van der Waals surface area (Å²) >= 11 is 0. The molecule has 0 unspecified atom stereocenters. The second-order valence-corrected chi connectivity index (χ2v) is 4.77. The highest BCUT2D eigenvalue weighted by Crippen LogP contribution is 2.17. The molecule has 4 heteroatoms. The first-order chi connectivity index (χ1) is 8.78. The number of benzene rings is 1. The smallest absolute Gasteiger partial charge is 0.238 e. The molecule has 0 aromatic heterocycles. The van der Waals surface area contributed by atoms with Crippen LogP contribution in [0.5, 0.6) is 0 Å². The number of anilines is 1. The van der Waals surface area contributed by atoms with Gasteiger partial charge in [0.25, 0.3) is 0 Å². The zero-order chi connectivity index (χ0) is 12.8. The van der Waals surface area contributed by atoms with Gasteiger partial charge in [-0.2, -0.15) is 0 Å². The number of rotatable bonds is 5. The second-order valence-electron chi connectivity index (χ2n) is 4.77. The van der Waals surface area contributed by atoms with Gasteiger partial charge in [0.15, 0.2) is 0 Å². The van der Waals surface area contributed by atoms with Crippen LogP contribution in [0.3, 0.4) is 0 Å². The summed E-state index contributed by atoms with van der Waals surface area (Å²) in [6.07, 6.45) is 4.89. The third-order valence-electron chi connectivity index (χ3n) is 3.33. The minimum Gasteiger partial charge on any atom is -0.392 e. The van der Waals surface area contributed by atoms with Crippen LogP contribution < -0.4 is 10.6 Å². The van der Waals surface area contributed by atoms with Gasteiger partial charge >= 0.3 is 0 Å². The van der Waals surface area contributed by atoms with Gasteiger partial charge in [-0.25, -0.2) is 0 Å². The summed E-state index contributed by atoms with van der Waals surface area (Å²) in [5, 5.41) is 15.0. The van der Waals surface area contributed by atoms with Crippen LogP contribution in [0.4, 0.5) is 5.69 Å². The van der Waals surface area contributed by atoms with Crippen LogP contribution in [0.15, 0.2) is 24.3 Å². The lowest BCUT2D eigenvalue weighted by atomic mass is 10.2. The van der Waals surface area contributed by atoms with Crippen molar-refractivity contribution in [1.29, 1.82) is 0 Å². The Bertz CT molecular complexity index is 383. The molecule has 3 N–H and O–H groups in total. The maximum absolute atomic E-state index is 11.7. The van der Waals surface area contributed by atoms with Gasteiger partial charge in [0.1, 0.15) is 0 Å². The van der Waals surface area contributed by atoms with Crippen LogP contribution in [-0.4, -0.2) is 23.6 Å². The zero-order valence-electron chi connectivity index (χ0n) is 10.5. The lowest BCUT2D eigenvalue weighted by Gasteiger charge is -2.11. The minimum absolute atomic E-state index is 0.0151. The fourth-order valence-electron chi connectivity index (χ4n) is 2.27. The standard InChI is InChI=1S/C14H20N2O2/c17-10-11-5-7-13(8-6-11)16-14(18)9-15-12-3-1-2-4-12/h5-8,12,15,17H,1-4,9-10H2,(H,16,18). The van der Waals surface area contributed by atoms with Crippen molar-refractivity contribution in [3.63, 3.8) is 0 Å². The molecule has 0 aliphatic heterocycles. The topological polar surface area (TPSA) is 61.4 Å². The molecule has 0 heterocycles. The van der Waals surface area contributed by atoms with Crippen LogP contribution in [0.1, 0.15) is 31.2 Å². The largest absolute Gasteiger partial charge is 0.392 e. The number of carbonyl (C=O) groups is 1. The number of aliphatic hydroxyl groups is 1. The third-order valence-corrected chi connectivity index (χ3v) is 3.33. The predicted molar refractivity (Wildman–Crippen MR) is 71.3 cm³/mol. The molecule has 1 saturated carbocycles. The summed E-state index contributed by atoms with van der Waals surface area (Å²) < 4.78 is 0. The van der Waals surface area contributed by atoms with Gasteiger partial charge in [-0.3, -0.25) is 4.79 Å². The predicted octanol–water partition coefficient (Wildman–Crippen LogP) is 1.65. The first kappa shape index (κ1) is 13.1. The van der Waals surface area contributed by atoms with Crippen LogP contribution >= 0.6 is 0 Å². The molecule has 1 amide bonds. The molecule has 2 rings (SSSR count). The molecule has 4 nitrogen and oxygen atoms in total. The summed E-state index contributed by atoms with van der Waals surface area (Å²) in [4.78, 5) is 11.7. The quantitative estimate of drug-likeness (QED) is 0.742. The number of carbonyl (C=O) groups excluding carboxylic acids is 1. The van der Waals surface area contributed by atoms with E-state index in [0.717, 1.165) is 11.3 Å². The molecular formula is C14H20N2O2. The van der Waals surface area contributed by atoms with E-state index < -0.39 is 0 Å². The first-order valence-electron chi connectivity index (χ1n) is 6.51. The highest BCUT2D eigenvalue weighted by molar-refractivity contribution is 5.92. The normalized spacial score (nSPS) is 15.8. The van der Waals surface area contributed by atoms with E-state index in [0.29, 0.717) is 12.6 Å². The van der Waals surface area contributed by atoms with E-state index in [1.54, 1.807) is 24.3 Å². The molecule has 0 saturated heterocycles. The van der Waals surface area contributed by atoms with E-state index in [4.69, 9.17) is 5.11 Å². The van der Waals surface area contributed by atoms with Gasteiger partial charge in [-0.1, -0.05) is 25.0 Å². The van der Waals surface area contributed by atoms with E-state index in [1.165, 1.54) is 25.7 Å². The molecule has 1 aliphatic rings. The van der Waals surface area contributed by atoms with Gasteiger partial charge in [0.2, 0.25) is 5.91 Å². The average molecular weight is 248 g/mol. The summed E-state index contributed by atoms with van der Waals surface area (Å²) in [5.74, 6) is -0.0151. The number of aliphatic hydroxyl groups excluding tert-OH is 1. The third kappa shape index (κ3) is 3.82. The van der Waals surface area contributed by atoms with Crippen LogP contribution in [-0.2, 0) is 11.4 Å². The SMILES string of the molecule is O=C(CNC1CCCC1)Nc1ccc(CO)cc1. The maximum Gasteiger partial charge on any atom is 0.238 e. The summed E-state index contributed by atoms with van der Waals surface area (Å²) in [6.45, 7) is 0.393. The lowest BCUT2D eigenvalue weighted by Crippen LogP contribution is -2.34. The Balaban J connectivity index is 1.75. The Hall–Kier alpha value is -1.39. The minimum atomic E-state index is -0.0151. The molecule has 1 fully saturated rings. The van der Waals surface area contributed by atoms with E-state index in [9.17, 15) is 4.79 Å². The van der Waals surface area contributed by atoms with Gasteiger partial charge in [0, 0.05) is 11.7 Å². The summed E-state index contributed by atoms with van der Waals surface area (Å²) in [7, 11) is 0. The van der Waals surface area contributed by atoms with Crippen LogP contribution in [0.2, 0.25) is 0 Å². The molecule has 0 atom stereocenters. The molecule has 1 aromatic carbocycles. The fourth-order valence-corrected chi connectivity index (χ4v) is 2.27. The number of hydrogen-bond acceptors (Lipinski definition) is 3. The van der Waals surface area contributed by atoms with Crippen molar-refractivity contribution in [3.05, 3.63) is 29.8 Å².